The van der Waals surface area contributed by atoms with Crippen LogP contribution in [0.25, 0.3) is 0 Å². The van der Waals surface area contributed by atoms with Crippen molar-refractivity contribution in [2.24, 2.45) is 0 Å². The number of rotatable bonds is 4. The van der Waals surface area contributed by atoms with E-state index in [1.54, 1.807) is 30.3 Å². The van der Waals surface area contributed by atoms with Gasteiger partial charge in [0.05, 0.1) is 24.8 Å². The molecule has 0 spiro atoms. The zero-order chi connectivity index (χ0) is 16.1. The predicted molar refractivity (Wildman–Crippen MR) is 83.7 cm³/mol. The average molecular weight is 320 g/mol. The van der Waals surface area contributed by atoms with Gasteiger partial charge in [-0.05, 0) is 36.4 Å². The average Bonchev–Trinajstić information content (AvgIpc) is 2.55. The van der Waals surface area contributed by atoms with E-state index >= 15 is 0 Å². The molecule has 0 atom stereocenters. The van der Waals surface area contributed by atoms with Crippen LogP contribution in [0.15, 0.2) is 42.5 Å². The Labute approximate surface area is 132 Å². The summed E-state index contributed by atoms with van der Waals surface area (Å²) < 4.78 is 9.72. The molecule has 114 valence electrons. The van der Waals surface area contributed by atoms with Gasteiger partial charge in [0.1, 0.15) is 5.75 Å². The van der Waals surface area contributed by atoms with Crippen LogP contribution < -0.4 is 10.1 Å². The highest BCUT2D eigenvalue weighted by atomic mass is 35.5. The highest BCUT2D eigenvalue weighted by Gasteiger charge is 2.13. The van der Waals surface area contributed by atoms with E-state index in [0.29, 0.717) is 17.0 Å². The number of esters is 1. The van der Waals surface area contributed by atoms with E-state index in [1.165, 1.54) is 26.4 Å². The number of ether oxygens (including phenoxy) is 2. The van der Waals surface area contributed by atoms with Crippen LogP contribution in [0.4, 0.5) is 5.69 Å². The maximum absolute atomic E-state index is 12.2. The minimum atomic E-state index is -0.567. The minimum absolute atomic E-state index is 0.188. The van der Waals surface area contributed by atoms with Gasteiger partial charge in [0.25, 0.3) is 5.91 Å². The van der Waals surface area contributed by atoms with Crippen molar-refractivity contribution >= 4 is 29.2 Å². The van der Waals surface area contributed by atoms with Crippen molar-refractivity contribution < 1.29 is 19.1 Å². The van der Waals surface area contributed by atoms with E-state index in [4.69, 9.17) is 16.3 Å². The first kappa shape index (κ1) is 15.9. The fraction of sp³-hybridized carbons (Fsp3) is 0.125. The van der Waals surface area contributed by atoms with Crippen LogP contribution in [0.1, 0.15) is 20.7 Å². The van der Waals surface area contributed by atoms with Gasteiger partial charge < -0.3 is 14.8 Å². The van der Waals surface area contributed by atoms with Crippen LogP contribution in [0.5, 0.6) is 5.75 Å². The lowest BCUT2D eigenvalue weighted by atomic mass is 10.1. The molecule has 0 radical (unpaired) electrons. The number of anilines is 1. The summed E-state index contributed by atoms with van der Waals surface area (Å²) in [5.41, 5.74) is 1.07. The number of nitrogens with one attached hydrogen (secondary N) is 1. The van der Waals surface area contributed by atoms with E-state index in [1.807, 2.05) is 0 Å². The third-order valence-electron chi connectivity index (χ3n) is 2.96. The van der Waals surface area contributed by atoms with Crippen molar-refractivity contribution in [1.82, 2.24) is 0 Å². The molecule has 2 aromatic rings. The number of carbonyl (C=O) groups is 2. The Bertz CT molecular complexity index is 715. The number of amides is 1. The van der Waals surface area contributed by atoms with Gasteiger partial charge in [-0.1, -0.05) is 17.7 Å². The lowest BCUT2D eigenvalue weighted by Gasteiger charge is -2.09. The first-order valence-electron chi connectivity index (χ1n) is 6.38. The number of halogens is 1. The molecular formula is C16H14ClNO4. The molecule has 0 saturated heterocycles. The van der Waals surface area contributed by atoms with Crippen LogP contribution in [0, 0.1) is 0 Å². The zero-order valence-corrected chi connectivity index (χ0v) is 12.8. The van der Waals surface area contributed by atoms with Crippen molar-refractivity contribution in [3.63, 3.8) is 0 Å². The molecule has 0 aromatic heterocycles. The van der Waals surface area contributed by atoms with E-state index in [9.17, 15) is 9.59 Å². The van der Waals surface area contributed by atoms with Gasteiger partial charge in [-0.15, -0.1) is 0 Å². The molecule has 6 heteroatoms. The van der Waals surface area contributed by atoms with Gasteiger partial charge in [0.2, 0.25) is 0 Å². The van der Waals surface area contributed by atoms with Gasteiger partial charge in [0, 0.05) is 11.3 Å². The summed E-state index contributed by atoms with van der Waals surface area (Å²) in [6.07, 6.45) is 0. The molecule has 0 saturated carbocycles. The van der Waals surface area contributed by atoms with Crippen molar-refractivity contribution in [3.05, 3.63) is 58.6 Å². The Morgan fingerprint density at radius 2 is 1.86 bits per heavy atom. The monoisotopic (exact) mass is 319 g/mol. The lowest BCUT2D eigenvalue weighted by Crippen LogP contribution is -2.13. The van der Waals surface area contributed by atoms with E-state index in [0.717, 1.165) is 0 Å². The zero-order valence-electron chi connectivity index (χ0n) is 12.1. The van der Waals surface area contributed by atoms with Crippen molar-refractivity contribution in [2.75, 3.05) is 19.5 Å². The largest absolute Gasteiger partial charge is 0.497 e. The number of carbonyl (C=O) groups excluding carboxylic acids is 2. The molecule has 5 nitrogen and oxygen atoms in total. The van der Waals surface area contributed by atoms with Crippen LogP contribution >= 0.6 is 11.6 Å². The SMILES string of the molecule is COC(=O)c1cc(NC(=O)c2cccc(OC)c2)ccc1Cl. The van der Waals surface area contributed by atoms with Gasteiger partial charge in [0.15, 0.2) is 0 Å². The van der Waals surface area contributed by atoms with Crippen LogP contribution in [-0.4, -0.2) is 26.1 Å². The summed E-state index contributed by atoms with van der Waals surface area (Å²) in [7, 11) is 2.79. The molecule has 1 N–H and O–H groups in total. The summed E-state index contributed by atoms with van der Waals surface area (Å²) in [5, 5.41) is 2.95. The lowest BCUT2D eigenvalue weighted by molar-refractivity contribution is 0.0600. The fourth-order valence-electron chi connectivity index (χ4n) is 1.84. The third-order valence-corrected chi connectivity index (χ3v) is 3.29. The van der Waals surface area contributed by atoms with Gasteiger partial charge in [-0.3, -0.25) is 4.79 Å². The minimum Gasteiger partial charge on any atom is -0.497 e. The van der Waals surface area contributed by atoms with Crippen molar-refractivity contribution in [2.45, 2.75) is 0 Å². The van der Waals surface area contributed by atoms with Crippen LogP contribution in [0.3, 0.4) is 0 Å². The maximum Gasteiger partial charge on any atom is 0.339 e. The molecule has 0 aliphatic carbocycles. The number of benzene rings is 2. The van der Waals surface area contributed by atoms with Crippen LogP contribution in [0.2, 0.25) is 5.02 Å². The molecule has 0 aliphatic heterocycles. The second-order valence-corrected chi connectivity index (χ2v) is 4.78. The molecule has 0 bridgehead atoms. The van der Waals surface area contributed by atoms with Crippen LogP contribution in [-0.2, 0) is 4.74 Å². The van der Waals surface area contributed by atoms with E-state index < -0.39 is 5.97 Å². The summed E-state index contributed by atoms with van der Waals surface area (Å²) in [6, 6.07) is 11.3. The first-order chi connectivity index (χ1) is 10.5. The predicted octanol–water partition coefficient (Wildman–Crippen LogP) is 3.39. The Hall–Kier alpha value is -2.53. The molecular weight excluding hydrogens is 306 g/mol. The van der Waals surface area contributed by atoms with Gasteiger partial charge in [-0.25, -0.2) is 4.79 Å². The first-order valence-corrected chi connectivity index (χ1v) is 6.76. The highest BCUT2D eigenvalue weighted by Crippen LogP contribution is 2.22. The fourth-order valence-corrected chi connectivity index (χ4v) is 2.03. The molecule has 1 amide bonds. The smallest absolute Gasteiger partial charge is 0.339 e. The van der Waals surface area contributed by atoms with Crippen molar-refractivity contribution in [3.8, 4) is 5.75 Å². The van der Waals surface area contributed by atoms with Gasteiger partial charge in [-0.2, -0.15) is 0 Å². The molecule has 0 heterocycles. The Morgan fingerprint density at radius 1 is 1.09 bits per heavy atom. The standard InChI is InChI=1S/C16H14ClNO4/c1-21-12-5-3-4-10(8-12)15(19)18-11-6-7-14(17)13(9-11)16(20)22-2/h3-9H,1-2H3,(H,18,19). The van der Waals surface area contributed by atoms with Crippen molar-refractivity contribution in [1.29, 1.82) is 0 Å². The van der Waals surface area contributed by atoms with E-state index in [-0.39, 0.29) is 16.5 Å². The quantitative estimate of drug-likeness (QED) is 0.877. The molecule has 0 aliphatic rings. The Balaban J connectivity index is 2.23. The molecule has 0 unspecified atom stereocenters. The third kappa shape index (κ3) is 3.56. The number of hydrogen-bond donors (Lipinski definition) is 1. The second kappa shape index (κ2) is 6.95. The second-order valence-electron chi connectivity index (χ2n) is 4.37. The normalized spacial score (nSPS) is 9.95. The molecule has 22 heavy (non-hydrogen) atoms. The van der Waals surface area contributed by atoms with Gasteiger partial charge >= 0.3 is 5.97 Å². The molecule has 2 rings (SSSR count). The van der Waals surface area contributed by atoms with E-state index in [2.05, 4.69) is 10.1 Å². The Morgan fingerprint density at radius 3 is 2.55 bits per heavy atom. The topological polar surface area (TPSA) is 64.6 Å². The summed E-state index contributed by atoms with van der Waals surface area (Å²) in [4.78, 5) is 23.8. The highest BCUT2D eigenvalue weighted by molar-refractivity contribution is 6.33. The molecule has 2 aromatic carbocycles. The Kier molecular flexibility index (Phi) is 5.01. The summed E-state index contributed by atoms with van der Waals surface area (Å²) >= 11 is 5.93. The summed E-state index contributed by atoms with van der Waals surface area (Å²) in [5.74, 6) is -0.307. The molecule has 0 fully saturated rings. The maximum atomic E-state index is 12.2. The summed E-state index contributed by atoms with van der Waals surface area (Å²) in [6.45, 7) is 0. The number of hydrogen-bond acceptors (Lipinski definition) is 4. The number of methoxy groups -OCH3 is 2.